The Bertz CT molecular complexity index is 794. The zero-order valence-corrected chi connectivity index (χ0v) is 17.2. The number of carbonyl (C=O) groups excluding carboxylic acids is 2. The van der Waals surface area contributed by atoms with Gasteiger partial charge in [-0.3, -0.25) is 9.59 Å². The second-order valence-electron chi connectivity index (χ2n) is 6.53. The maximum Gasteiger partial charge on any atom is 0.311 e. The minimum Gasteiger partial charge on any atom is -0.496 e. The molecule has 2 rings (SSSR count). The van der Waals surface area contributed by atoms with E-state index in [1.165, 1.54) is 12.7 Å². The van der Waals surface area contributed by atoms with E-state index in [0.717, 1.165) is 6.42 Å². The number of benzene rings is 2. The van der Waals surface area contributed by atoms with Gasteiger partial charge < -0.3 is 14.8 Å². The summed E-state index contributed by atoms with van der Waals surface area (Å²) in [6, 6.07) is 15.0. The Hall–Kier alpha value is -2.53. The van der Waals surface area contributed by atoms with Crippen molar-refractivity contribution in [2.24, 2.45) is 0 Å². The minimum absolute atomic E-state index is 0.0248. The van der Waals surface area contributed by atoms with Gasteiger partial charge in [-0.2, -0.15) is 0 Å². The van der Waals surface area contributed by atoms with Gasteiger partial charge in [-0.1, -0.05) is 48.9 Å². The summed E-state index contributed by atoms with van der Waals surface area (Å²) in [6.45, 7) is 4.13. The molecule has 2 atom stereocenters. The van der Waals surface area contributed by atoms with Gasteiger partial charge in [0, 0.05) is 23.0 Å². The first-order chi connectivity index (χ1) is 13.4. The first kappa shape index (κ1) is 21.8. The largest absolute Gasteiger partial charge is 0.496 e. The lowest BCUT2D eigenvalue weighted by Gasteiger charge is -2.19. The highest BCUT2D eigenvalue weighted by atomic mass is 35.5. The molecule has 1 amide bonds. The van der Waals surface area contributed by atoms with E-state index in [2.05, 4.69) is 12.2 Å². The van der Waals surface area contributed by atoms with Crippen LogP contribution in [0.15, 0.2) is 48.5 Å². The second kappa shape index (κ2) is 10.7. The monoisotopic (exact) mass is 403 g/mol. The average Bonchev–Trinajstić information content (AvgIpc) is 2.69. The first-order valence-corrected chi connectivity index (χ1v) is 9.67. The lowest BCUT2D eigenvalue weighted by atomic mass is 9.96. The van der Waals surface area contributed by atoms with Crippen molar-refractivity contribution in [3.8, 4) is 5.75 Å². The SMILES string of the molecule is CC[C@H](CNC(=O)[C@H](C)OC(=O)Cc1cc(Cl)ccc1OC)c1ccccc1. The van der Waals surface area contributed by atoms with Gasteiger partial charge in [0.25, 0.3) is 5.91 Å². The topological polar surface area (TPSA) is 64.6 Å². The number of amides is 1. The van der Waals surface area contributed by atoms with Crippen molar-refractivity contribution in [2.45, 2.75) is 38.7 Å². The van der Waals surface area contributed by atoms with Crippen molar-refractivity contribution < 1.29 is 19.1 Å². The summed E-state index contributed by atoms with van der Waals surface area (Å²) in [5.74, 6) is -0.0741. The Morgan fingerprint density at radius 1 is 1.14 bits per heavy atom. The number of carbonyl (C=O) groups is 2. The van der Waals surface area contributed by atoms with E-state index in [1.54, 1.807) is 25.1 Å². The number of hydrogen-bond donors (Lipinski definition) is 1. The van der Waals surface area contributed by atoms with Gasteiger partial charge in [0.15, 0.2) is 6.10 Å². The Kier molecular flexibility index (Phi) is 8.33. The predicted octanol–water partition coefficient (Wildman–Crippen LogP) is 4.13. The van der Waals surface area contributed by atoms with Crippen molar-refractivity contribution in [3.05, 3.63) is 64.7 Å². The molecule has 2 aromatic carbocycles. The van der Waals surface area contributed by atoms with Gasteiger partial charge in [-0.25, -0.2) is 0 Å². The molecule has 0 bridgehead atoms. The normalized spacial score (nSPS) is 12.7. The van der Waals surface area contributed by atoms with Crippen LogP contribution in [0.1, 0.15) is 37.3 Å². The molecule has 150 valence electrons. The maximum atomic E-state index is 12.3. The summed E-state index contributed by atoms with van der Waals surface area (Å²) >= 11 is 5.98. The van der Waals surface area contributed by atoms with E-state index < -0.39 is 12.1 Å². The summed E-state index contributed by atoms with van der Waals surface area (Å²) in [4.78, 5) is 24.5. The van der Waals surface area contributed by atoms with E-state index in [-0.39, 0.29) is 18.2 Å². The van der Waals surface area contributed by atoms with Crippen LogP contribution in [0.3, 0.4) is 0 Å². The van der Waals surface area contributed by atoms with Crippen molar-refractivity contribution in [3.63, 3.8) is 0 Å². The first-order valence-electron chi connectivity index (χ1n) is 9.29. The zero-order chi connectivity index (χ0) is 20.5. The third kappa shape index (κ3) is 6.27. The fraction of sp³-hybridized carbons (Fsp3) is 0.364. The standard InChI is InChI=1S/C22H26ClNO4/c1-4-16(17-8-6-5-7-9-17)14-24-22(26)15(2)28-21(25)13-18-12-19(23)10-11-20(18)27-3/h5-12,15-16H,4,13-14H2,1-3H3,(H,24,26)/t15-,16+/m0/s1. The molecule has 0 aliphatic heterocycles. The average molecular weight is 404 g/mol. The predicted molar refractivity (Wildman–Crippen MR) is 110 cm³/mol. The van der Waals surface area contributed by atoms with Gasteiger partial charge in [-0.15, -0.1) is 0 Å². The molecule has 5 nitrogen and oxygen atoms in total. The van der Waals surface area contributed by atoms with Crippen molar-refractivity contribution in [1.82, 2.24) is 5.32 Å². The Morgan fingerprint density at radius 2 is 1.86 bits per heavy atom. The van der Waals surface area contributed by atoms with E-state index in [4.69, 9.17) is 21.1 Å². The lowest BCUT2D eigenvalue weighted by molar-refractivity contribution is -0.154. The fourth-order valence-electron chi connectivity index (χ4n) is 2.92. The number of nitrogens with one attached hydrogen (secondary N) is 1. The summed E-state index contributed by atoms with van der Waals surface area (Å²) in [7, 11) is 1.52. The van der Waals surface area contributed by atoms with Crippen LogP contribution in [0.2, 0.25) is 5.02 Å². The quantitative estimate of drug-likeness (QED) is 0.639. The molecule has 6 heteroatoms. The van der Waals surface area contributed by atoms with Crippen molar-refractivity contribution >= 4 is 23.5 Å². The van der Waals surface area contributed by atoms with Crippen LogP contribution in [0.5, 0.6) is 5.75 Å². The molecule has 2 aromatic rings. The molecule has 0 spiro atoms. The summed E-state index contributed by atoms with van der Waals surface area (Å²) < 4.78 is 10.5. The highest BCUT2D eigenvalue weighted by molar-refractivity contribution is 6.30. The number of halogens is 1. The summed E-state index contributed by atoms with van der Waals surface area (Å²) in [5, 5.41) is 3.37. The van der Waals surface area contributed by atoms with Gasteiger partial charge in [0.05, 0.1) is 13.5 Å². The molecule has 0 saturated carbocycles. The molecule has 0 aromatic heterocycles. The van der Waals surface area contributed by atoms with Crippen LogP contribution in [-0.4, -0.2) is 31.6 Å². The molecule has 0 saturated heterocycles. The number of methoxy groups -OCH3 is 1. The molecule has 0 radical (unpaired) electrons. The Balaban J connectivity index is 1.88. The van der Waals surface area contributed by atoms with E-state index in [1.807, 2.05) is 30.3 Å². The van der Waals surface area contributed by atoms with Gasteiger partial charge in [0.2, 0.25) is 0 Å². The van der Waals surface area contributed by atoms with Crippen LogP contribution >= 0.6 is 11.6 Å². The summed E-state index contributed by atoms with van der Waals surface area (Å²) in [6.07, 6.45) is -0.0124. The third-order valence-electron chi connectivity index (χ3n) is 4.54. The number of rotatable bonds is 9. The molecule has 0 heterocycles. The van der Waals surface area contributed by atoms with Crippen LogP contribution in [0.25, 0.3) is 0 Å². The van der Waals surface area contributed by atoms with Gasteiger partial charge in [0.1, 0.15) is 5.75 Å². The molecule has 0 fully saturated rings. The molecular weight excluding hydrogens is 378 g/mol. The van der Waals surface area contributed by atoms with Gasteiger partial charge in [-0.05, 0) is 37.1 Å². The second-order valence-corrected chi connectivity index (χ2v) is 6.96. The third-order valence-corrected chi connectivity index (χ3v) is 4.78. The van der Waals surface area contributed by atoms with Crippen LogP contribution in [0, 0.1) is 0 Å². The minimum atomic E-state index is -0.883. The van der Waals surface area contributed by atoms with Gasteiger partial charge >= 0.3 is 5.97 Å². The Morgan fingerprint density at radius 3 is 2.50 bits per heavy atom. The highest BCUT2D eigenvalue weighted by Crippen LogP contribution is 2.23. The lowest BCUT2D eigenvalue weighted by Crippen LogP contribution is -2.38. The molecular formula is C22H26ClNO4. The summed E-state index contributed by atoms with van der Waals surface area (Å²) in [5.41, 5.74) is 1.78. The number of ether oxygens (including phenoxy) is 2. The molecule has 28 heavy (non-hydrogen) atoms. The van der Waals surface area contributed by atoms with Crippen LogP contribution in [-0.2, 0) is 20.7 Å². The van der Waals surface area contributed by atoms with E-state index >= 15 is 0 Å². The van der Waals surface area contributed by atoms with Crippen LogP contribution in [0.4, 0.5) is 0 Å². The zero-order valence-electron chi connectivity index (χ0n) is 16.4. The van der Waals surface area contributed by atoms with E-state index in [9.17, 15) is 9.59 Å². The number of hydrogen-bond acceptors (Lipinski definition) is 4. The Labute approximate surface area is 171 Å². The molecule has 0 unspecified atom stereocenters. The smallest absolute Gasteiger partial charge is 0.311 e. The van der Waals surface area contributed by atoms with Crippen LogP contribution < -0.4 is 10.1 Å². The van der Waals surface area contributed by atoms with Crippen molar-refractivity contribution in [1.29, 1.82) is 0 Å². The van der Waals surface area contributed by atoms with Crippen molar-refractivity contribution in [2.75, 3.05) is 13.7 Å². The van der Waals surface area contributed by atoms with E-state index in [0.29, 0.717) is 22.9 Å². The fourth-order valence-corrected chi connectivity index (χ4v) is 3.12. The highest BCUT2D eigenvalue weighted by Gasteiger charge is 2.20. The number of esters is 1. The maximum absolute atomic E-state index is 12.3. The molecule has 1 N–H and O–H groups in total. The molecule has 0 aliphatic rings. The molecule has 0 aliphatic carbocycles.